The van der Waals surface area contributed by atoms with Crippen LogP contribution >= 0.6 is 0 Å². The van der Waals surface area contributed by atoms with E-state index >= 15 is 0 Å². The highest BCUT2D eigenvalue weighted by molar-refractivity contribution is 5.90. The fourth-order valence-electron chi connectivity index (χ4n) is 3.53. The lowest BCUT2D eigenvalue weighted by Gasteiger charge is -2.33. The fourth-order valence-corrected chi connectivity index (χ4v) is 3.53. The molecule has 1 aliphatic rings. The van der Waals surface area contributed by atoms with Gasteiger partial charge in [-0.3, -0.25) is 0 Å². The zero-order valence-corrected chi connectivity index (χ0v) is 15.9. The van der Waals surface area contributed by atoms with Crippen LogP contribution in [0.5, 0.6) is 0 Å². The molecule has 1 atom stereocenters. The third-order valence-corrected chi connectivity index (χ3v) is 5.00. The molecule has 1 aromatic heterocycles. The van der Waals surface area contributed by atoms with E-state index in [4.69, 9.17) is 4.52 Å². The van der Waals surface area contributed by atoms with Crippen LogP contribution in [0.1, 0.15) is 36.8 Å². The van der Waals surface area contributed by atoms with Gasteiger partial charge in [-0.25, -0.2) is 4.79 Å². The number of aromatic nitrogens is 2. The topological polar surface area (TPSA) is 71.3 Å². The maximum atomic E-state index is 13.2. The molecule has 3 aromatic rings. The van der Waals surface area contributed by atoms with E-state index in [1.807, 2.05) is 30.3 Å². The lowest BCUT2D eigenvalue weighted by atomic mass is 10.0. The average molecular weight is 416 g/mol. The number of carbonyl (C=O) groups is 1. The Morgan fingerprint density at radius 3 is 2.57 bits per heavy atom. The maximum absolute atomic E-state index is 13.2. The molecule has 1 saturated heterocycles. The molecule has 4 rings (SSSR count). The molecule has 1 unspecified atom stereocenters. The van der Waals surface area contributed by atoms with Crippen molar-refractivity contribution in [3.63, 3.8) is 0 Å². The summed E-state index contributed by atoms with van der Waals surface area (Å²) in [5.74, 6) is 0.673. The lowest BCUT2D eigenvalue weighted by molar-refractivity contribution is -0.136. The summed E-state index contributed by atoms with van der Waals surface area (Å²) < 4.78 is 45.1. The van der Waals surface area contributed by atoms with E-state index in [0.29, 0.717) is 18.8 Å². The van der Waals surface area contributed by atoms with E-state index in [2.05, 4.69) is 15.5 Å². The minimum absolute atomic E-state index is 0.271. The number of halogens is 3. The van der Waals surface area contributed by atoms with E-state index in [9.17, 15) is 18.0 Å². The first-order chi connectivity index (χ1) is 14.4. The molecular formula is C21H19F3N4O2. The van der Waals surface area contributed by atoms with E-state index in [1.54, 1.807) is 0 Å². The Balaban J connectivity index is 1.56. The van der Waals surface area contributed by atoms with Crippen molar-refractivity contribution >= 4 is 11.7 Å². The molecule has 1 aliphatic heterocycles. The van der Waals surface area contributed by atoms with Crippen molar-refractivity contribution in [1.82, 2.24) is 15.0 Å². The molecular weight excluding hydrogens is 397 g/mol. The molecule has 0 spiro atoms. The van der Waals surface area contributed by atoms with Crippen LogP contribution in [0.3, 0.4) is 0 Å². The molecule has 0 bridgehead atoms. The molecule has 1 N–H and O–H groups in total. The summed E-state index contributed by atoms with van der Waals surface area (Å²) in [4.78, 5) is 18.7. The number of hydrogen-bond donors (Lipinski definition) is 1. The summed E-state index contributed by atoms with van der Waals surface area (Å²) in [6.07, 6.45) is -2.39. The second-order valence-electron chi connectivity index (χ2n) is 7.00. The quantitative estimate of drug-likeness (QED) is 0.611. The molecule has 0 radical (unpaired) electrons. The normalized spacial score (nSPS) is 17.0. The minimum Gasteiger partial charge on any atom is -0.337 e. The Morgan fingerprint density at radius 1 is 1.07 bits per heavy atom. The summed E-state index contributed by atoms with van der Waals surface area (Å²) in [6.45, 7) is 0.383. The number of hydrogen-bond acceptors (Lipinski definition) is 4. The van der Waals surface area contributed by atoms with Gasteiger partial charge in [0, 0.05) is 12.1 Å². The van der Waals surface area contributed by atoms with Gasteiger partial charge in [-0.2, -0.15) is 18.2 Å². The Morgan fingerprint density at radius 2 is 1.80 bits per heavy atom. The van der Waals surface area contributed by atoms with E-state index < -0.39 is 23.8 Å². The molecule has 9 heteroatoms. The largest absolute Gasteiger partial charge is 0.418 e. The van der Waals surface area contributed by atoms with E-state index in [-0.39, 0.29) is 11.6 Å². The number of urea groups is 1. The van der Waals surface area contributed by atoms with Crippen molar-refractivity contribution in [3.05, 3.63) is 66.1 Å². The number of para-hydroxylation sites is 1. The Bertz CT molecular complexity index is 1020. The van der Waals surface area contributed by atoms with Crippen LogP contribution in [0, 0.1) is 0 Å². The highest BCUT2D eigenvalue weighted by atomic mass is 19.4. The number of benzene rings is 2. The molecule has 156 valence electrons. The Kier molecular flexibility index (Phi) is 5.43. The standard InChI is InChI=1S/C21H19F3N4O2/c22-21(23,24)15-10-4-5-11-16(15)25-20(29)28-13-7-6-12-17(28)19-26-18(27-30-19)14-8-2-1-3-9-14/h1-5,8-11,17H,6-7,12-13H2,(H,25,29). The van der Waals surface area contributed by atoms with Crippen molar-refractivity contribution in [2.24, 2.45) is 0 Å². The number of piperidine rings is 1. The van der Waals surface area contributed by atoms with Crippen LogP contribution in [0.25, 0.3) is 11.4 Å². The number of alkyl halides is 3. The van der Waals surface area contributed by atoms with Crippen molar-refractivity contribution in [3.8, 4) is 11.4 Å². The number of likely N-dealkylation sites (tertiary alicyclic amines) is 1. The molecule has 2 heterocycles. The zero-order valence-electron chi connectivity index (χ0n) is 15.9. The molecule has 2 amide bonds. The van der Waals surface area contributed by atoms with Gasteiger partial charge >= 0.3 is 12.2 Å². The third-order valence-electron chi connectivity index (χ3n) is 5.00. The van der Waals surface area contributed by atoms with E-state index in [1.165, 1.54) is 23.1 Å². The number of nitrogens with zero attached hydrogens (tertiary/aromatic N) is 3. The van der Waals surface area contributed by atoms with Gasteiger partial charge in [-0.15, -0.1) is 0 Å². The fraction of sp³-hybridized carbons (Fsp3) is 0.286. The van der Waals surface area contributed by atoms with Crippen LogP contribution < -0.4 is 5.32 Å². The van der Waals surface area contributed by atoms with Gasteiger partial charge in [-0.1, -0.05) is 47.6 Å². The molecule has 6 nitrogen and oxygen atoms in total. The predicted octanol–water partition coefficient (Wildman–Crippen LogP) is 5.51. The predicted molar refractivity (Wildman–Crippen MR) is 103 cm³/mol. The number of carbonyl (C=O) groups excluding carboxylic acids is 1. The number of rotatable bonds is 3. The summed E-state index contributed by atoms with van der Waals surface area (Å²) >= 11 is 0. The zero-order chi connectivity index (χ0) is 21.1. The summed E-state index contributed by atoms with van der Waals surface area (Å²) in [6, 6.07) is 13.0. The van der Waals surface area contributed by atoms with Gasteiger partial charge < -0.3 is 14.7 Å². The first kappa shape index (κ1) is 19.9. The van der Waals surface area contributed by atoms with Crippen molar-refractivity contribution in [2.45, 2.75) is 31.5 Å². The first-order valence-corrected chi connectivity index (χ1v) is 9.56. The van der Waals surface area contributed by atoms with Crippen molar-refractivity contribution in [2.75, 3.05) is 11.9 Å². The number of anilines is 1. The molecule has 1 fully saturated rings. The number of amides is 2. The minimum atomic E-state index is -4.57. The molecule has 2 aromatic carbocycles. The van der Waals surface area contributed by atoms with Gasteiger partial charge in [0.25, 0.3) is 0 Å². The SMILES string of the molecule is O=C(Nc1ccccc1C(F)(F)F)N1CCCCC1c1nc(-c2ccccc2)no1. The van der Waals surface area contributed by atoms with Crippen LogP contribution in [0.15, 0.2) is 59.1 Å². The summed E-state index contributed by atoms with van der Waals surface area (Å²) in [5.41, 5.74) is -0.399. The van der Waals surface area contributed by atoms with Crippen LogP contribution in [-0.2, 0) is 6.18 Å². The average Bonchev–Trinajstić information content (AvgIpc) is 3.24. The molecule has 0 saturated carbocycles. The molecule has 0 aliphatic carbocycles. The van der Waals surface area contributed by atoms with Crippen LogP contribution in [0.2, 0.25) is 0 Å². The van der Waals surface area contributed by atoms with Gasteiger partial charge in [0.15, 0.2) is 0 Å². The Labute approximate surface area is 170 Å². The van der Waals surface area contributed by atoms with Crippen molar-refractivity contribution < 1.29 is 22.5 Å². The van der Waals surface area contributed by atoms with Gasteiger partial charge in [-0.05, 0) is 31.4 Å². The summed E-state index contributed by atoms with van der Waals surface area (Å²) in [7, 11) is 0. The van der Waals surface area contributed by atoms with E-state index in [0.717, 1.165) is 24.5 Å². The number of nitrogens with one attached hydrogen (secondary N) is 1. The third kappa shape index (κ3) is 4.14. The lowest BCUT2D eigenvalue weighted by Crippen LogP contribution is -2.41. The van der Waals surface area contributed by atoms with Gasteiger partial charge in [0.2, 0.25) is 11.7 Å². The van der Waals surface area contributed by atoms with Gasteiger partial charge in [0.05, 0.1) is 11.3 Å². The van der Waals surface area contributed by atoms with Crippen LogP contribution in [-0.4, -0.2) is 27.6 Å². The van der Waals surface area contributed by atoms with Crippen LogP contribution in [0.4, 0.5) is 23.7 Å². The monoisotopic (exact) mass is 416 g/mol. The van der Waals surface area contributed by atoms with Gasteiger partial charge in [0.1, 0.15) is 6.04 Å². The van der Waals surface area contributed by atoms with Crippen molar-refractivity contribution in [1.29, 1.82) is 0 Å². The second-order valence-corrected chi connectivity index (χ2v) is 7.00. The highest BCUT2D eigenvalue weighted by Crippen LogP contribution is 2.36. The first-order valence-electron chi connectivity index (χ1n) is 9.56. The highest BCUT2D eigenvalue weighted by Gasteiger charge is 2.36. The second kappa shape index (κ2) is 8.17. The maximum Gasteiger partial charge on any atom is 0.418 e. The summed E-state index contributed by atoms with van der Waals surface area (Å²) in [5, 5.41) is 6.39. The molecule has 30 heavy (non-hydrogen) atoms. The Hall–Kier alpha value is -3.36. The smallest absolute Gasteiger partial charge is 0.337 e.